The number of hydrogen-bond acceptors (Lipinski definition) is 0. The van der Waals surface area contributed by atoms with Crippen LogP contribution in [-0.4, -0.2) is 0 Å². The summed E-state index contributed by atoms with van der Waals surface area (Å²) in [5, 5.41) is 0.704. The van der Waals surface area contributed by atoms with E-state index in [1.165, 1.54) is 0 Å². The van der Waals surface area contributed by atoms with Crippen molar-refractivity contribution in [2.24, 2.45) is 0 Å². The van der Waals surface area contributed by atoms with Crippen LogP contribution in [0.2, 0.25) is 0 Å². The Balaban J connectivity index is 0.000000640. The van der Waals surface area contributed by atoms with Crippen molar-refractivity contribution in [3.8, 4) is 0 Å². The van der Waals surface area contributed by atoms with Crippen LogP contribution in [0, 0.1) is 6.08 Å². The lowest BCUT2D eigenvalue weighted by atomic mass is 10.4. The van der Waals surface area contributed by atoms with Gasteiger partial charge in [0.1, 0.15) is 6.42 Å². The summed E-state index contributed by atoms with van der Waals surface area (Å²) in [5.74, 6) is 0. The SMILES string of the molecule is ClC1=[C+]CC=CC=C1.[Cl-]. The predicted molar refractivity (Wildman–Crippen MR) is 35.5 cm³/mol. The van der Waals surface area contributed by atoms with Crippen LogP contribution in [0.5, 0.6) is 0 Å². The van der Waals surface area contributed by atoms with Gasteiger partial charge in [-0.2, -0.15) is 0 Å². The number of halogens is 2. The molecule has 0 N–H and O–H groups in total. The summed E-state index contributed by atoms with van der Waals surface area (Å²) in [6.07, 6.45) is 11.5. The van der Waals surface area contributed by atoms with Gasteiger partial charge in [-0.1, -0.05) is 6.08 Å². The van der Waals surface area contributed by atoms with Gasteiger partial charge >= 0.3 is 0 Å². The normalized spacial score (nSPS) is 15.0. The van der Waals surface area contributed by atoms with E-state index in [2.05, 4.69) is 6.08 Å². The molecule has 0 aliphatic heterocycles. The van der Waals surface area contributed by atoms with Crippen LogP contribution in [-0.2, 0) is 0 Å². The maximum absolute atomic E-state index is 5.60. The van der Waals surface area contributed by atoms with Gasteiger partial charge in [-0.15, -0.1) is 0 Å². The van der Waals surface area contributed by atoms with Crippen LogP contribution in [0.1, 0.15) is 6.42 Å². The van der Waals surface area contributed by atoms with Gasteiger partial charge in [-0.05, 0) is 17.7 Å². The van der Waals surface area contributed by atoms with Gasteiger partial charge in [-0.3, -0.25) is 0 Å². The molecule has 1 rings (SSSR count). The van der Waals surface area contributed by atoms with Crippen LogP contribution in [0.4, 0.5) is 0 Å². The van der Waals surface area contributed by atoms with E-state index >= 15 is 0 Å². The van der Waals surface area contributed by atoms with Gasteiger partial charge in [-0.25, -0.2) is 0 Å². The summed E-state index contributed by atoms with van der Waals surface area (Å²) >= 11 is 5.60. The van der Waals surface area contributed by atoms with E-state index in [0.717, 1.165) is 6.42 Å². The van der Waals surface area contributed by atoms with E-state index in [4.69, 9.17) is 11.6 Å². The van der Waals surface area contributed by atoms with E-state index < -0.39 is 0 Å². The molecule has 0 amide bonds. The summed E-state index contributed by atoms with van der Waals surface area (Å²) < 4.78 is 0. The maximum Gasteiger partial charge on any atom is 0.257 e. The first-order valence-corrected chi connectivity index (χ1v) is 2.87. The van der Waals surface area contributed by atoms with Gasteiger partial charge in [0.2, 0.25) is 0 Å². The molecule has 0 aromatic heterocycles. The number of allylic oxidation sites excluding steroid dienone is 6. The molecule has 1 aliphatic carbocycles. The van der Waals surface area contributed by atoms with Crippen molar-refractivity contribution in [1.82, 2.24) is 0 Å². The first-order valence-electron chi connectivity index (χ1n) is 2.49. The Morgan fingerprint density at radius 2 is 2.22 bits per heavy atom. The van der Waals surface area contributed by atoms with E-state index in [9.17, 15) is 0 Å². The average molecular weight is 161 g/mol. The Hall–Kier alpha value is -0.290. The van der Waals surface area contributed by atoms with Crippen LogP contribution in [0.25, 0.3) is 0 Å². The van der Waals surface area contributed by atoms with Gasteiger partial charge in [0.05, 0.1) is 12.2 Å². The molecule has 0 fully saturated rings. The van der Waals surface area contributed by atoms with Crippen LogP contribution >= 0.6 is 11.6 Å². The van der Waals surface area contributed by atoms with E-state index in [0.29, 0.717) is 5.03 Å². The molecule has 48 valence electrons. The minimum atomic E-state index is 0. The molecule has 0 saturated heterocycles. The molecule has 0 radical (unpaired) electrons. The Kier molecular flexibility index (Phi) is 4.43. The molecular formula is C7H6Cl2. The zero-order chi connectivity index (χ0) is 5.82. The minimum absolute atomic E-state index is 0. The fraction of sp³-hybridized carbons (Fsp3) is 0.143. The largest absolute Gasteiger partial charge is 1.00 e. The lowest BCUT2D eigenvalue weighted by molar-refractivity contribution is -0.00000150. The molecule has 0 unspecified atom stereocenters. The third-order valence-electron chi connectivity index (χ3n) is 0.879. The summed E-state index contributed by atoms with van der Waals surface area (Å²) in [6, 6.07) is 0. The Morgan fingerprint density at radius 3 is 3.00 bits per heavy atom. The summed E-state index contributed by atoms with van der Waals surface area (Å²) in [4.78, 5) is 0. The van der Waals surface area contributed by atoms with Gasteiger partial charge in [0.15, 0.2) is 0 Å². The highest BCUT2D eigenvalue weighted by molar-refractivity contribution is 6.30. The Bertz CT molecular complexity index is 152. The van der Waals surface area contributed by atoms with Crippen LogP contribution in [0.3, 0.4) is 0 Å². The molecule has 0 aromatic carbocycles. The van der Waals surface area contributed by atoms with Crippen molar-refractivity contribution >= 4 is 11.6 Å². The van der Waals surface area contributed by atoms with Crippen molar-refractivity contribution < 1.29 is 12.4 Å². The fourth-order valence-electron chi connectivity index (χ4n) is 0.502. The van der Waals surface area contributed by atoms with E-state index in [1.807, 2.05) is 24.3 Å². The van der Waals surface area contributed by atoms with E-state index in [-0.39, 0.29) is 12.4 Å². The molecule has 0 bridgehead atoms. The highest BCUT2D eigenvalue weighted by Crippen LogP contribution is 2.06. The second kappa shape index (κ2) is 4.58. The fourth-order valence-corrected chi connectivity index (χ4v) is 0.652. The molecule has 0 nitrogen and oxygen atoms in total. The average Bonchev–Trinajstić information content (AvgIpc) is 1.94. The van der Waals surface area contributed by atoms with Crippen LogP contribution in [0.15, 0.2) is 29.3 Å². The highest BCUT2D eigenvalue weighted by Gasteiger charge is 1.97. The summed E-state index contributed by atoms with van der Waals surface area (Å²) in [6.45, 7) is 0. The zero-order valence-corrected chi connectivity index (χ0v) is 6.28. The lowest BCUT2D eigenvalue weighted by Gasteiger charge is -1.65. The summed E-state index contributed by atoms with van der Waals surface area (Å²) in [5.41, 5.74) is 0. The molecule has 0 atom stereocenters. The van der Waals surface area contributed by atoms with Crippen molar-refractivity contribution in [3.63, 3.8) is 0 Å². The molecule has 0 saturated carbocycles. The Morgan fingerprint density at radius 1 is 1.44 bits per heavy atom. The first kappa shape index (κ1) is 8.71. The molecule has 1 aliphatic rings. The minimum Gasteiger partial charge on any atom is -1.00 e. The monoisotopic (exact) mass is 160 g/mol. The smallest absolute Gasteiger partial charge is 0.257 e. The lowest BCUT2D eigenvalue weighted by Crippen LogP contribution is -3.00. The third-order valence-corrected chi connectivity index (χ3v) is 1.14. The zero-order valence-electron chi connectivity index (χ0n) is 4.77. The highest BCUT2D eigenvalue weighted by atomic mass is 35.5. The summed E-state index contributed by atoms with van der Waals surface area (Å²) in [7, 11) is 0. The Labute approximate surface area is 66.3 Å². The van der Waals surface area contributed by atoms with Crippen molar-refractivity contribution in [3.05, 3.63) is 35.4 Å². The number of rotatable bonds is 0. The van der Waals surface area contributed by atoms with Gasteiger partial charge in [0, 0.05) is 6.08 Å². The molecule has 2 heteroatoms. The van der Waals surface area contributed by atoms with Crippen LogP contribution < -0.4 is 12.4 Å². The van der Waals surface area contributed by atoms with E-state index in [1.54, 1.807) is 0 Å². The van der Waals surface area contributed by atoms with Crippen molar-refractivity contribution in [2.75, 3.05) is 0 Å². The second-order valence-corrected chi connectivity index (χ2v) is 1.92. The van der Waals surface area contributed by atoms with Gasteiger partial charge < -0.3 is 12.4 Å². The molecule has 0 spiro atoms. The number of hydrogen-bond donors (Lipinski definition) is 0. The molecule has 9 heavy (non-hydrogen) atoms. The first-order chi connectivity index (χ1) is 3.89. The second-order valence-electron chi connectivity index (χ2n) is 1.52. The third kappa shape index (κ3) is 3.31. The van der Waals surface area contributed by atoms with Gasteiger partial charge in [0.25, 0.3) is 5.03 Å². The molecule has 0 aromatic rings. The molecular weight excluding hydrogens is 155 g/mol. The molecule has 0 heterocycles. The topological polar surface area (TPSA) is 0 Å². The standard InChI is InChI=1S/C7H6Cl.ClH/c8-7-5-3-1-2-4-6-7;/h1-3,5H,4H2;1H/q+1;/p-1. The van der Waals surface area contributed by atoms with Crippen molar-refractivity contribution in [2.45, 2.75) is 6.42 Å². The quantitative estimate of drug-likeness (QED) is 0.417. The van der Waals surface area contributed by atoms with Crippen molar-refractivity contribution in [1.29, 1.82) is 0 Å². The predicted octanol–water partition coefficient (Wildman–Crippen LogP) is -0.568. The maximum atomic E-state index is 5.60.